The van der Waals surface area contributed by atoms with E-state index in [2.05, 4.69) is 13.8 Å². The highest BCUT2D eigenvalue weighted by Crippen LogP contribution is 2.15. The molecule has 0 aromatic heterocycles. The Morgan fingerprint density at radius 1 is 0.361 bits per heavy atom. The summed E-state index contributed by atoms with van der Waals surface area (Å²) in [6.45, 7) is 8.94. The van der Waals surface area contributed by atoms with E-state index in [-0.39, 0.29) is 5.97 Å². The lowest BCUT2D eigenvalue weighted by atomic mass is 10.0. The molecule has 0 saturated heterocycles. The highest BCUT2D eigenvalue weighted by molar-refractivity contribution is 5.68. The van der Waals surface area contributed by atoms with Gasteiger partial charge in [-0.05, 0) is 6.42 Å². The summed E-state index contributed by atoms with van der Waals surface area (Å²) >= 11 is 0. The van der Waals surface area contributed by atoms with Crippen molar-refractivity contribution in [1.29, 1.82) is 0 Å². The average molecular weight is 511 g/mol. The quantitative estimate of drug-likeness (QED) is 0.0772. The molecule has 0 aliphatic carbocycles. The first kappa shape index (κ1) is 37.6. The molecule has 0 N–H and O–H groups in total. The van der Waals surface area contributed by atoms with E-state index in [0.717, 1.165) is 6.42 Å². The third-order valence-corrected chi connectivity index (χ3v) is 7.21. The van der Waals surface area contributed by atoms with Gasteiger partial charge < -0.3 is 4.74 Å². The van der Waals surface area contributed by atoms with Gasteiger partial charge in [0, 0.05) is 6.42 Å². The normalized spacial score (nSPS) is 10.8. The van der Waals surface area contributed by atoms with Crippen LogP contribution in [0.4, 0.5) is 0 Å². The van der Waals surface area contributed by atoms with E-state index in [4.69, 9.17) is 4.74 Å². The summed E-state index contributed by atoms with van der Waals surface area (Å²) in [5.74, 6) is -0.105. The van der Waals surface area contributed by atoms with Gasteiger partial charge in [0.1, 0.15) is 0 Å². The average Bonchev–Trinajstić information content (AvgIpc) is 2.90. The van der Waals surface area contributed by atoms with Gasteiger partial charge in [-0.1, -0.05) is 195 Å². The molecule has 0 bridgehead atoms. The number of esters is 1. The van der Waals surface area contributed by atoms with E-state index in [1.54, 1.807) is 6.92 Å². The van der Waals surface area contributed by atoms with Crippen LogP contribution in [0.25, 0.3) is 0 Å². The van der Waals surface area contributed by atoms with Crippen molar-refractivity contribution in [3.05, 3.63) is 0 Å². The molecule has 218 valence electrons. The maximum atomic E-state index is 10.3. The molecular weight excluding hydrogens is 440 g/mol. The second-order valence-corrected chi connectivity index (χ2v) is 11.1. The molecule has 0 radical (unpaired) electrons. The minimum absolute atomic E-state index is 0.105. The van der Waals surface area contributed by atoms with Crippen LogP contribution in [-0.2, 0) is 9.53 Å². The van der Waals surface area contributed by atoms with Gasteiger partial charge in [-0.25, -0.2) is 0 Å². The fourth-order valence-electron chi connectivity index (χ4n) is 4.71. The van der Waals surface area contributed by atoms with Crippen molar-refractivity contribution in [3.8, 4) is 0 Å². The van der Waals surface area contributed by atoms with Crippen LogP contribution in [0.3, 0.4) is 0 Å². The van der Waals surface area contributed by atoms with Crippen LogP contribution in [0.15, 0.2) is 0 Å². The van der Waals surface area contributed by atoms with Crippen molar-refractivity contribution in [1.82, 2.24) is 0 Å². The molecule has 0 heterocycles. The number of rotatable bonds is 28. The third-order valence-electron chi connectivity index (χ3n) is 7.21. The predicted molar refractivity (Wildman–Crippen MR) is 163 cm³/mol. The highest BCUT2D eigenvalue weighted by atomic mass is 16.5. The maximum absolute atomic E-state index is 10.3. The maximum Gasteiger partial charge on any atom is 0.305 e. The molecule has 2 heteroatoms. The first-order valence-corrected chi connectivity index (χ1v) is 16.9. The second-order valence-electron chi connectivity index (χ2n) is 11.1. The lowest BCUT2D eigenvalue weighted by Gasteiger charge is -2.04. The standard InChI is InChI=1S/C28H58.C6H12O2/c1-3-5-7-9-11-13-15-17-19-21-23-25-27-28-26-24-22-20-18-16-14-12-10-8-6-4-2;1-3-5-8-6(7)4-2/h3-28H2,1-2H3;3-5H2,1-2H3. The largest absolute Gasteiger partial charge is 0.466 e. The number of unbranched alkanes of at least 4 members (excludes halogenated alkanes) is 25. The SMILES string of the molecule is CCCCCCCCCCCCCCCCCCCCCCCCCCCC.CCCOC(=O)CC. The summed E-state index contributed by atoms with van der Waals surface area (Å²) < 4.78 is 4.70. The zero-order valence-electron chi connectivity index (χ0n) is 25.8. The van der Waals surface area contributed by atoms with E-state index in [1.807, 2.05) is 6.92 Å². The third kappa shape index (κ3) is 38.0. The number of carbonyl (C=O) groups is 1. The van der Waals surface area contributed by atoms with Gasteiger partial charge in [0.15, 0.2) is 0 Å². The molecule has 0 saturated carbocycles. The van der Waals surface area contributed by atoms with Crippen molar-refractivity contribution >= 4 is 5.97 Å². The van der Waals surface area contributed by atoms with E-state index >= 15 is 0 Å². The number of hydrogen-bond donors (Lipinski definition) is 0. The minimum atomic E-state index is -0.105. The highest BCUT2D eigenvalue weighted by Gasteiger charge is 1.96. The smallest absolute Gasteiger partial charge is 0.305 e. The van der Waals surface area contributed by atoms with Crippen LogP contribution >= 0.6 is 0 Å². The Bertz CT molecular complexity index is 353. The van der Waals surface area contributed by atoms with Crippen molar-refractivity contribution in [3.63, 3.8) is 0 Å². The Morgan fingerprint density at radius 2 is 0.583 bits per heavy atom. The Morgan fingerprint density at radius 3 is 0.750 bits per heavy atom. The van der Waals surface area contributed by atoms with E-state index in [0.29, 0.717) is 13.0 Å². The Hall–Kier alpha value is -0.530. The predicted octanol–water partition coefficient (Wildman–Crippen LogP) is 12.5. The van der Waals surface area contributed by atoms with Crippen LogP contribution in [-0.4, -0.2) is 12.6 Å². The molecular formula is C34H70O2. The lowest BCUT2D eigenvalue weighted by Crippen LogP contribution is -2.02. The van der Waals surface area contributed by atoms with Crippen molar-refractivity contribution in [2.45, 2.75) is 207 Å². The van der Waals surface area contributed by atoms with Crippen molar-refractivity contribution in [2.75, 3.05) is 6.61 Å². The summed E-state index contributed by atoms with van der Waals surface area (Å²) in [5, 5.41) is 0. The number of hydrogen-bond acceptors (Lipinski definition) is 2. The van der Waals surface area contributed by atoms with Crippen LogP contribution in [0, 0.1) is 0 Å². The molecule has 0 aliphatic rings. The van der Waals surface area contributed by atoms with E-state index < -0.39 is 0 Å². The molecule has 36 heavy (non-hydrogen) atoms. The van der Waals surface area contributed by atoms with Crippen molar-refractivity contribution in [2.24, 2.45) is 0 Å². The topological polar surface area (TPSA) is 26.3 Å². The zero-order chi connectivity index (χ0) is 26.8. The van der Waals surface area contributed by atoms with Gasteiger partial charge in [0.2, 0.25) is 0 Å². The van der Waals surface area contributed by atoms with Gasteiger partial charge in [0.05, 0.1) is 6.61 Å². The summed E-state index contributed by atoms with van der Waals surface area (Å²) in [6.07, 6.45) is 39.8. The fraction of sp³-hybridized carbons (Fsp3) is 0.971. The summed E-state index contributed by atoms with van der Waals surface area (Å²) in [6, 6.07) is 0. The molecule has 0 aliphatic heterocycles. The summed E-state index contributed by atoms with van der Waals surface area (Å²) in [5.41, 5.74) is 0. The molecule has 0 unspecified atom stereocenters. The van der Waals surface area contributed by atoms with Gasteiger partial charge in [-0.15, -0.1) is 0 Å². The van der Waals surface area contributed by atoms with E-state index in [1.165, 1.54) is 167 Å². The van der Waals surface area contributed by atoms with Crippen LogP contribution < -0.4 is 0 Å². The zero-order valence-corrected chi connectivity index (χ0v) is 25.8. The Labute approximate surface area is 229 Å². The monoisotopic (exact) mass is 511 g/mol. The van der Waals surface area contributed by atoms with Crippen LogP contribution in [0.1, 0.15) is 207 Å². The Balaban J connectivity index is 0. The first-order valence-electron chi connectivity index (χ1n) is 16.9. The molecule has 0 aromatic rings. The molecule has 2 nitrogen and oxygen atoms in total. The molecule has 0 rings (SSSR count). The molecule has 0 spiro atoms. The molecule has 0 amide bonds. The first-order chi connectivity index (χ1) is 17.7. The summed E-state index contributed by atoms with van der Waals surface area (Å²) in [4.78, 5) is 10.3. The van der Waals surface area contributed by atoms with Gasteiger partial charge in [-0.3, -0.25) is 4.79 Å². The van der Waals surface area contributed by atoms with Gasteiger partial charge >= 0.3 is 5.97 Å². The van der Waals surface area contributed by atoms with Crippen LogP contribution in [0.2, 0.25) is 0 Å². The van der Waals surface area contributed by atoms with E-state index in [9.17, 15) is 4.79 Å². The fourth-order valence-corrected chi connectivity index (χ4v) is 4.71. The minimum Gasteiger partial charge on any atom is -0.466 e. The van der Waals surface area contributed by atoms with Gasteiger partial charge in [-0.2, -0.15) is 0 Å². The molecule has 0 aromatic carbocycles. The Kier molecular flexibility index (Phi) is 38.3. The van der Waals surface area contributed by atoms with Gasteiger partial charge in [0.25, 0.3) is 0 Å². The molecule has 0 atom stereocenters. The lowest BCUT2D eigenvalue weighted by molar-refractivity contribution is -0.143. The molecule has 0 fully saturated rings. The second kappa shape index (κ2) is 36.6. The summed E-state index contributed by atoms with van der Waals surface area (Å²) in [7, 11) is 0. The van der Waals surface area contributed by atoms with Crippen molar-refractivity contribution < 1.29 is 9.53 Å². The number of ether oxygens (including phenoxy) is 1. The number of carbonyl (C=O) groups excluding carboxylic acids is 1. The van der Waals surface area contributed by atoms with Crippen LogP contribution in [0.5, 0.6) is 0 Å².